The molecular formula is C23H24FN5O2. The Bertz CT molecular complexity index is 1080. The lowest BCUT2D eigenvalue weighted by Crippen LogP contribution is -2.36. The van der Waals surface area contributed by atoms with Crippen LogP contribution in [-0.4, -0.2) is 42.2 Å². The molecule has 2 N–H and O–H groups in total. The van der Waals surface area contributed by atoms with Crippen LogP contribution in [0.1, 0.15) is 21.7 Å². The van der Waals surface area contributed by atoms with E-state index in [2.05, 4.69) is 25.5 Å². The number of carbonyl (C=O) groups is 1. The fourth-order valence-electron chi connectivity index (χ4n) is 3.29. The number of rotatable bonds is 5. The van der Waals surface area contributed by atoms with Crippen molar-refractivity contribution in [1.29, 1.82) is 0 Å². The number of hydrogen-bond donors (Lipinski definition) is 2. The SMILES string of the molecule is Cc1nc(Nc2ccc(NC(=O)c3ccc(C)c(F)c3)cc2)cc(N2CCOCC2)n1. The summed E-state index contributed by atoms with van der Waals surface area (Å²) in [5.41, 5.74) is 2.22. The maximum atomic E-state index is 13.7. The number of nitrogens with one attached hydrogen (secondary N) is 2. The summed E-state index contributed by atoms with van der Waals surface area (Å²) in [5, 5.41) is 6.06. The number of ether oxygens (including phenoxy) is 1. The highest BCUT2D eigenvalue weighted by Crippen LogP contribution is 2.22. The Hall–Kier alpha value is -3.52. The predicted octanol–water partition coefficient (Wildman–Crippen LogP) is 4.07. The number of nitrogens with zero attached hydrogens (tertiary/aromatic N) is 3. The molecule has 1 aliphatic rings. The van der Waals surface area contributed by atoms with Crippen molar-refractivity contribution in [2.24, 2.45) is 0 Å². The minimum atomic E-state index is -0.399. The molecule has 1 amide bonds. The van der Waals surface area contributed by atoms with Crippen LogP contribution in [0.5, 0.6) is 0 Å². The zero-order valence-electron chi connectivity index (χ0n) is 17.5. The molecule has 2 aromatic carbocycles. The second-order valence-corrected chi connectivity index (χ2v) is 7.38. The summed E-state index contributed by atoms with van der Waals surface area (Å²) in [6.45, 7) is 6.50. The Balaban J connectivity index is 1.43. The lowest BCUT2D eigenvalue weighted by atomic mass is 10.1. The van der Waals surface area contributed by atoms with E-state index < -0.39 is 5.82 Å². The number of morpholine rings is 1. The molecule has 7 nitrogen and oxygen atoms in total. The molecule has 2 heterocycles. The summed E-state index contributed by atoms with van der Waals surface area (Å²) in [4.78, 5) is 23.5. The molecule has 0 unspecified atom stereocenters. The molecule has 0 radical (unpaired) electrons. The predicted molar refractivity (Wildman–Crippen MR) is 119 cm³/mol. The molecule has 0 spiro atoms. The number of benzene rings is 2. The van der Waals surface area contributed by atoms with Gasteiger partial charge in [-0.05, 0) is 55.8 Å². The van der Waals surface area contributed by atoms with Crippen molar-refractivity contribution < 1.29 is 13.9 Å². The molecule has 4 rings (SSSR count). The number of anilines is 4. The molecule has 1 aromatic heterocycles. The van der Waals surface area contributed by atoms with Crippen molar-refractivity contribution in [3.05, 3.63) is 71.3 Å². The van der Waals surface area contributed by atoms with E-state index in [1.165, 1.54) is 6.07 Å². The largest absolute Gasteiger partial charge is 0.378 e. The van der Waals surface area contributed by atoms with Crippen molar-refractivity contribution in [1.82, 2.24) is 9.97 Å². The average Bonchev–Trinajstić information content (AvgIpc) is 2.77. The smallest absolute Gasteiger partial charge is 0.255 e. The fourth-order valence-corrected chi connectivity index (χ4v) is 3.29. The Labute approximate surface area is 180 Å². The first kappa shape index (κ1) is 20.7. The summed E-state index contributed by atoms with van der Waals surface area (Å²) >= 11 is 0. The molecule has 31 heavy (non-hydrogen) atoms. The highest BCUT2D eigenvalue weighted by atomic mass is 19.1. The number of hydrogen-bond acceptors (Lipinski definition) is 6. The molecule has 1 aliphatic heterocycles. The maximum absolute atomic E-state index is 13.7. The van der Waals surface area contributed by atoms with Crippen molar-refractivity contribution in [2.75, 3.05) is 41.8 Å². The van der Waals surface area contributed by atoms with E-state index in [-0.39, 0.29) is 11.5 Å². The Kier molecular flexibility index (Phi) is 6.08. The number of aryl methyl sites for hydroxylation is 2. The van der Waals surface area contributed by atoms with E-state index >= 15 is 0 Å². The highest BCUT2D eigenvalue weighted by Gasteiger charge is 2.14. The Morgan fingerprint density at radius 3 is 2.42 bits per heavy atom. The molecule has 0 aliphatic carbocycles. The monoisotopic (exact) mass is 421 g/mol. The summed E-state index contributed by atoms with van der Waals surface area (Å²) in [7, 11) is 0. The Morgan fingerprint density at radius 2 is 1.71 bits per heavy atom. The standard InChI is InChI=1S/C23H24FN5O2/c1-15-3-4-17(13-20(15)24)23(30)28-19-7-5-18(6-8-19)27-21-14-22(26-16(2)25-21)29-9-11-31-12-10-29/h3-8,13-14H,9-12H2,1-2H3,(H,28,30)(H,25,26,27). The first-order valence-corrected chi connectivity index (χ1v) is 10.1. The minimum absolute atomic E-state index is 0.275. The molecule has 1 saturated heterocycles. The van der Waals surface area contributed by atoms with E-state index in [0.717, 1.165) is 24.6 Å². The third-order valence-corrected chi connectivity index (χ3v) is 5.01. The van der Waals surface area contributed by atoms with Crippen LogP contribution in [0.3, 0.4) is 0 Å². The summed E-state index contributed by atoms with van der Waals surface area (Å²) < 4.78 is 19.1. The van der Waals surface area contributed by atoms with E-state index in [1.54, 1.807) is 31.2 Å². The number of aromatic nitrogens is 2. The van der Waals surface area contributed by atoms with Gasteiger partial charge >= 0.3 is 0 Å². The van der Waals surface area contributed by atoms with E-state index in [9.17, 15) is 9.18 Å². The summed E-state index contributed by atoms with van der Waals surface area (Å²) in [6, 6.07) is 13.6. The lowest BCUT2D eigenvalue weighted by Gasteiger charge is -2.28. The van der Waals surface area contributed by atoms with Crippen LogP contribution >= 0.6 is 0 Å². The van der Waals surface area contributed by atoms with Crippen LogP contribution in [0.15, 0.2) is 48.5 Å². The van der Waals surface area contributed by atoms with Crippen molar-refractivity contribution >= 4 is 28.9 Å². The zero-order chi connectivity index (χ0) is 21.8. The van der Waals surface area contributed by atoms with Gasteiger partial charge in [0.2, 0.25) is 0 Å². The second-order valence-electron chi connectivity index (χ2n) is 7.38. The van der Waals surface area contributed by atoms with Gasteiger partial charge in [0.1, 0.15) is 23.3 Å². The summed E-state index contributed by atoms with van der Waals surface area (Å²) in [5.74, 6) is 1.49. The molecule has 8 heteroatoms. The van der Waals surface area contributed by atoms with Crippen molar-refractivity contribution in [2.45, 2.75) is 13.8 Å². The van der Waals surface area contributed by atoms with Crippen LogP contribution in [0.4, 0.5) is 27.4 Å². The third kappa shape index (κ3) is 5.16. The van der Waals surface area contributed by atoms with E-state index in [0.29, 0.717) is 36.1 Å². The van der Waals surface area contributed by atoms with Crippen LogP contribution in [-0.2, 0) is 4.74 Å². The van der Waals surface area contributed by atoms with Crippen LogP contribution in [0.25, 0.3) is 0 Å². The number of halogens is 1. The van der Waals surface area contributed by atoms with Gasteiger partial charge in [0.05, 0.1) is 13.2 Å². The van der Waals surface area contributed by atoms with Gasteiger partial charge in [0, 0.05) is 36.1 Å². The molecule has 0 saturated carbocycles. The molecule has 160 valence electrons. The van der Waals surface area contributed by atoms with Gasteiger partial charge in [0.15, 0.2) is 0 Å². The van der Waals surface area contributed by atoms with E-state index in [1.807, 2.05) is 25.1 Å². The van der Waals surface area contributed by atoms with Crippen LogP contribution in [0, 0.1) is 19.7 Å². The molecule has 1 fully saturated rings. The lowest BCUT2D eigenvalue weighted by molar-refractivity contribution is 0.102. The van der Waals surface area contributed by atoms with Gasteiger partial charge in [-0.1, -0.05) is 6.07 Å². The van der Waals surface area contributed by atoms with Gasteiger partial charge in [-0.15, -0.1) is 0 Å². The third-order valence-electron chi connectivity index (χ3n) is 5.01. The van der Waals surface area contributed by atoms with Gasteiger partial charge in [0.25, 0.3) is 5.91 Å². The van der Waals surface area contributed by atoms with Crippen molar-refractivity contribution in [3.8, 4) is 0 Å². The van der Waals surface area contributed by atoms with Gasteiger partial charge < -0.3 is 20.3 Å². The van der Waals surface area contributed by atoms with Gasteiger partial charge in [-0.3, -0.25) is 4.79 Å². The topological polar surface area (TPSA) is 79.4 Å². The van der Waals surface area contributed by atoms with Gasteiger partial charge in [-0.25, -0.2) is 14.4 Å². The van der Waals surface area contributed by atoms with Crippen LogP contribution < -0.4 is 15.5 Å². The molecular weight excluding hydrogens is 397 g/mol. The average molecular weight is 421 g/mol. The minimum Gasteiger partial charge on any atom is -0.378 e. The molecule has 0 bridgehead atoms. The molecule has 3 aromatic rings. The first-order valence-electron chi connectivity index (χ1n) is 10.1. The van der Waals surface area contributed by atoms with E-state index in [4.69, 9.17) is 4.74 Å². The van der Waals surface area contributed by atoms with Crippen LogP contribution in [0.2, 0.25) is 0 Å². The second kappa shape index (κ2) is 9.09. The number of carbonyl (C=O) groups excluding carboxylic acids is 1. The maximum Gasteiger partial charge on any atom is 0.255 e. The van der Waals surface area contributed by atoms with Gasteiger partial charge in [-0.2, -0.15) is 0 Å². The number of amides is 1. The fraction of sp³-hybridized carbons (Fsp3) is 0.261. The zero-order valence-corrected chi connectivity index (χ0v) is 17.5. The summed E-state index contributed by atoms with van der Waals surface area (Å²) in [6.07, 6.45) is 0. The highest BCUT2D eigenvalue weighted by molar-refractivity contribution is 6.04. The molecule has 0 atom stereocenters. The first-order chi connectivity index (χ1) is 15.0. The van der Waals surface area contributed by atoms with Crippen molar-refractivity contribution in [3.63, 3.8) is 0 Å². The quantitative estimate of drug-likeness (QED) is 0.647. The Morgan fingerprint density at radius 1 is 1.00 bits per heavy atom. The normalized spacial score (nSPS) is 13.7.